The molecule has 0 spiro atoms. The van der Waals surface area contributed by atoms with Crippen LogP contribution < -0.4 is 0 Å². The Hall–Kier alpha value is -1.84. The van der Waals surface area contributed by atoms with Gasteiger partial charge in [0.2, 0.25) is 0 Å². The van der Waals surface area contributed by atoms with Gasteiger partial charge in [0.15, 0.2) is 0 Å². The fourth-order valence-corrected chi connectivity index (χ4v) is 0.608. The van der Waals surface area contributed by atoms with E-state index in [9.17, 15) is 4.79 Å². The van der Waals surface area contributed by atoms with Crippen molar-refractivity contribution >= 4 is 12.2 Å². The van der Waals surface area contributed by atoms with Crippen LogP contribution in [-0.4, -0.2) is 12.2 Å². The van der Waals surface area contributed by atoms with Crippen LogP contribution in [0.3, 0.4) is 0 Å². The highest BCUT2D eigenvalue weighted by molar-refractivity contribution is 6.09. The number of hydrogen-bond donors (Lipinski definition) is 0. The summed E-state index contributed by atoms with van der Waals surface area (Å²) in [7, 11) is 0. The topological polar surface area (TPSA) is 47.9 Å². The van der Waals surface area contributed by atoms with Gasteiger partial charge in [0, 0.05) is 0 Å². The number of hydrogen-bond acceptors (Lipinski definition) is 4. The molecule has 0 fully saturated rings. The van der Waals surface area contributed by atoms with Crippen molar-refractivity contribution in [2.75, 3.05) is 0 Å². The number of carbonyl (C=O) groups is 1. The van der Waals surface area contributed by atoms with Gasteiger partial charge in [-0.1, -0.05) is 11.7 Å². The van der Waals surface area contributed by atoms with Crippen LogP contribution in [0.2, 0.25) is 0 Å². The summed E-state index contributed by atoms with van der Waals surface area (Å²) in [4.78, 5) is 15.6. The van der Waals surface area contributed by atoms with Gasteiger partial charge in [-0.15, -0.1) is 0 Å². The number of oxime groups is 1. The Bertz CT molecular complexity index is 276. The first-order chi connectivity index (χ1) is 5.84. The third-order valence-corrected chi connectivity index (χ3v) is 1.09. The molecule has 62 valence electrons. The van der Waals surface area contributed by atoms with E-state index in [1.807, 2.05) is 0 Å². The Morgan fingerprint density at radius 3 is 3.33 bits per heavy atom. The lowest BCUT2D eigenvalue weighted by molar-refractivity contribution is -0.132. The van der Waals surface area contributed by atoms with Crippen molar-refractivity contribution in [1.29, 1.82) is 0 Å². The lowest BCUT2D eigenvalue weighted by atomic mass is 10.3. The number of allylic oxidation sites excluding steroid dienone is 2. The predicted molar refractivity (Wildman–Crippen MR) is 43.1 cm³/mol. The van der Waals surface area contributed by atoms with Gasteiger partial charge in [0.1, 0.15) is 6.26 Å². The van der Waals surface area contributed by atoms with Crippen molar-refractivity contribution < 1.29 is 14.4 Å². The number of carbonyl (C=O) groups excluding carboxylic acids is 1. The summed E-state index contributed by atoms with van der Waals surface area (Å²) in [5.74, 6) is -0.510. The SMILES string of the molecule is C=COC(=O)C1=CC=CON=C1. The molecule has 0 aliphatic carbocycles. The van der Waals surface area contributed by atoms with Crippen LogP contribution in [-0.2, 0) is 14.4 Å². The maximum absolute atomic E-state index is 11.0. The van der Waals surface area contributed by atoms with E-state index >= 15 is 0 Å². The molecule has 0 aromatic carbocycles. The van der Waals surface area contributed by atoms with Crippen LogP contribution in [0.1, 0.15) is 0 Å². The third kappa shape index (κ3) is 2.09. The van der Waals surface area contributed by atoms with E-state index in [0.29, 0.717) is 5.57 Å². The van der Waals surface area contributed by atoms with Crippen LogP contribution >= 0.6 is 0 Å². The fourth-order valence-electron chi connectivity index (χ4n) is 0.608. The maximum Gasteiger partial charge on any atom is 0.344 e. The van der Waals surface area contributed by atoms with E-state index in [-0.39, 0.29) is 0 Å². The molecule has 0 amide bonds. The molecule has 1 aliphatic rings. The molecule has 0 saturated carbocycles. The summed E-state index contributed by atoms with van der Waals surface area (Å²) in [5, 5.41) is 3.44. The highest BCUT2D eigenvalue weighted by atomic mass is 16.6. The van der Waals surface area contributed by atoms with Crippen LogP contribution in [0.4, 0.5) is 0 Å². The smallest absolute Gasteiger partial charge is 0.344 e. The van der Waals surface area contributed by atoms with Crippen molar-refractivity contribution in [2.24, 2.45) is 5.16 Å². The highest BCUT2D eigenvalue weighted by Gasteiger charge is 2.07. The molecular formula is C8H7NO3. The lowest BCUT2D eigenvalue weighted by Crippen LogP contribution is -2.04. The van der Waals surface area contributed by atoms with E-state index in [0.717, 1.165) is 6.26 Å². The van der Waals surface area contributed by atoms with Crippen LogP contribution in [0.25, 0.3) is 0 Å². The minimum Gasteiger partial charge on any atom is -0.431 e. The van der Waals surface area contributed by atoms with Gasteiger partial charge in [0.05, 0.1) is 18.0 Å². The Balaban J connectivity index is 2.72. The van der Waals surface area contributed by atoms with Gasteiger partial charge in [0.25, 0.3) is 0 Å². The van der Waals surface area contributed by atoms with E-state index < -0.39 is 5.97 Å². The minimum absolute atomic E-state index is 0.309. The Morgan fingerprint density at radius 2 is 2.58 bits per heavy atom. The first kappa shape index (κ1) is 8.26. The molecule has 4 nitrogen and oxygen atoms in total. The summed E-state index contributed by atoms with van der Waals surface area (Å²) in [6.45, 7) is 3.25. The molecule has 12 heavy (non-hydrogen) atoms. The number of nitrogens with zero attached hydrogens (tertiary/aromatic N) is 1. The zero-order valence-electron chi connectivity index (χ0n) is 6.27. The van der Waals surface area contributed by atoms with Crippen LogP contribution in [0.15, 0.2) is 42.0 Å². The number of esters is 1. The van der Waals surface area contributed by atoms with Gasteiger partial charge >= 0.3 is 5.97 Å². The summed E-state index contributed by atoms with van der Waals surface area (Å²) < 4.78 is 4.51. The van der Waals surface area contributed by atoms with Gasteiger partial charge in [-0.3, -0.25) is 0 Å². The zero-order chi connectivity index (χ0) is 8.81. The second kappa shape index (κ2) is 4.12. The number of ether oxygens (including phenoxy) is 1. The van der Waals surface area contributed by atoms with Gasteiger partial charge < -0.3 is 9.57 Å². The van der Waals surface area contributed by atoms with Crippen molar-refractivity contribution in [1.82, 2.24) is 0 Å². The molecule has 0 N–H and O–H groups in total. The molecule has 1 heterocycles. The lowest BCUT2D eigenvalue weighted by Gasteiger charge is -1.95. The summed E-state index contributed by atoms with van der Waals surface area (Å²) >= 11 is 0. The first-order valence-corrected chi connectivity index (χ1v) is 3.22. The summed E-state index contributed by atoms with van der Waals surface area (Å²) in [5.41, 5.74) is 0.309. The fraction of sp³-hybridized carbons (Fsp3) is 0. The number of rotatable bonds is 2. The monoisotopic (exact) mass is 165 g/mol. The average molecular weight is 165 g/mol. The van der Waals surface area contributed by atoms with Crippen molar-refractivity contribution in [3.63, 3.8) is 0 Å². The maximum atomic E-state index is 11.0. The molecule has 1 aliphatic heterocycles. The zero-order valence-corrected chi connectivity index (χ0v) is 6.27. The summed E-state index contributed by atoms with van der Waals surface area (Å²) in [6.07, 6.45) is 6.76. The van der Waals surface area contributed by atoms with Crippen LogP contribution in [0, 0.1) is 0 Å². The molecule has 0 aromatic heterocycles. The Morgan fingerprint density at radius 1 is 1.75 bits per heavy atom. The average Bonchev–Trinajstić information content (AvgIpc) is 2.32. The van der Waals surface area contributed by atoms with Crippen molar-refractivity contribution in [3.8, 4) is 0 Å². The van der Waals surface area contributed by atoms with Crippen molar-refractivity contribution in [2.45, 2.75) is 0 Å². The molecular weight excluding hydrogens is 158 g/mol. The highest BCUT2D eigenvalue weighted by Crippen LogP contribution is 2.00. The Labute approximate surface area is 69.5 Å². The standard InChI is InChI=1S/C8H7NO3/c1-2-11-8(10)7-4-3-5-12-9-6-7/h2-6H,1H2. The van der Waals surface area contributed by atoms with E-state index in [2.05, 4.69) is 21.3 Å². The molecule has 0 unspecified atom stereocenters. The largest absolute Gasteiger partial charge is 0.431 e. The molecule has 0 atom stereocenters. The van der Waals surface area contributed by atoms with Crippen molar-refractivity contribution in [3.05, 3.63) is 36.8 Å². The molecule has 0 bridgehead atoms. The quantitative estimate of drug-likeness (QED) is 0.455. The molecule has 1 rings (SSSR count). The van der Waals surface area contributed by atoms with E-state index in [1.54, 1.807) is 6.08 Å². The molecule has 4 heteroatoms. The second-order valence-electron chi connectivity index (χ2n) is 1.86. The normalized spacial score (nSPS) is 14.2. The minimum atomic E-state index is -0.510. The molecule has 0 aromatic rings. The van der Waals surface area contributed by atoms with E-state index in [4.69, 9.17) is 0 Å². The third-order valence-electron chi connectivity index (χ3n) is 1.09. The predicted octanol–water partition coefficient (Wildman–Crippen LogP) is 1.13. The van der Waals surface area contributed by atoms with Crippen LogP contribution in [0.5, 0.6) is 0 Å². The summed E-state index contributed by atoms with van der Waals surface area (Å²) in [6, 6.07) is 0. The molecule has 0 radical (unpaired) electrons. The second-order valence-corrected chi connectivity index (χ2v) is 1.86. The van der Waals surface area contributed by atoms with Gasteiger partial charge in [-0.25, -0.2) is 4.79 Å². The van der Waals surface area contributed by atoms with E-state index in [1.165, 1.54) is 18.6 Å². The Kier molecular flexibility index (Phi) is 2.84. The van der Waals surface area contributed by atoms with Gasteiger partial charge in [-0.2, -0.15) is 0 Å². The molecule has 0 saturated heterocycles. The van der Waals surface area contributed by atoms with Gasteiger partial charge in [-0.05, 0) is 12.2 Å². The first-order valence-electron chi connectivity index (χ1n) is 3.22.